The van der Waals surface area contributed by atoms with E-state index < -0.39 is 11.6 Å². The zero-order chi connectivity index (χ0) is 11.5. The van der Waals surface area contributed by atoms with E-state index in [1.54, 1.807) is 0 Å². The molecular weight excluding hydrogens is 210 g/mol. The average Bonchev–Trinajstić information content (AvgIpc) is 2.76. The van der Waals surface area contributed by atoms with Crippen LogP contribution in [0.2, 0.25) is 0 Å². The minimum atomic E-state index is -0.460. The first-order valence-electron chi connectivity index (χ1n) is 5.52. The van der Waals surface area contributed by atoms with E-state index in [1.807, 2.05) is 11.9 Å². The molecule has 1 unspecified atom stereocenters. The molecule has 0 aromatic heterocycles. The lowest BCUT2D eigenvalue weighted by molar-refractivity contribution is 0.242. The molecular formula is C12H16F2N2. The summed E-state index contributed by atoms with van der Waals surface area (Å²) in [7, 11) is 1.91. The number of likely N-dealkylation sites (N-methyl/N-ethyl adjacent to an activating group) is 1. The topological polar surface area (TPSA) is 15.3 Å². The Morgan fingerprint density at radius 3 is 2.62 bits per heavy atom. The van der Waals surface area contributed by atoms with E-state index in [0.29, 0.717) is 12.6 Å². The van der Waals surface area contributed by atoms with Crippen molar-refractivity contribution >= 4 is 0 Å². The molecule has 2 nitrogen and oxygen atoms in total. The van der Waals surface area contributed by atoms with E-state index >= 15 is 0 Å². The van der Waals surface area contributed by atoms with Gasteiger partial charge in [0.15, 0.2) is 0 Å². The molecule has 88 valence electrons. The van der Waals surface area contributed by atoms with Crippen molar-refractivity contribution in [2.24, 2.45) is 0 Å². The summed E-state index contributed by atoms with van der Waals surface area (Å²) in [4.78, 5) is 2.00. The highest BCUT2D eigenvalue weighted by atomic mass is 19.1. The van der Waals surface area contributed by atoms with Crippen LogP contribution in [0.3, 0.4) is 0 Å². The van der Waals surface area contributed by atoms with Crippen LogP contribution in [0.4, 0.5) is 8.78 Å². The van der Waals surface area contributed by atoms with Crippen LogP contribution in [-0.2, 0) is 6.54 Å². The van der Waals surface area contributed by atoms with Gasteiger partial charge in [0.05, 0.1) is 0 Å². The third-order valence-electron chi connectivity index (χ3n) is 3.13. The third-order valence-corrected chi connectivity index (χ3v) is 3.13. The number of benzene rings is 1. The fourth-order valence-electron chi connectivity index (χ4n) is 2.08. The number of rotatable bonds is 3. The largest absolute Gasteiger partial charge is 0.315 e. The number of hydrogen-bond donors (Lipinski definition) is 1. The maximum Gasteiger partial charge on any atom is 0.130 e. The highest BCUT2D eigenvalue weighted by Crippen LogP contribution is 2.16. The summed E-state index contributed by atoms with van der Waals surface area (Å²) in [6.45, 7) is 2.20. The van der Waals surface area contributed by atoms with Crippen LogP contribution in [0.1, 0.15) is 12.0 Å². The summed E-state index contributed by atoms with van der Waals surface area (Å²) < 4.78 is 26.8. The summed E-state index contributed by atoms with van der Waals surface area (Å²) in [5.74, 6) is -0.921. The minimum absolute atomic E-state index is 0.164. The molecule has 0 amide bonds. The molecule has 4 heteroatoms. The molecule has 16 heavy (non-hydrogen) atoms. The van der Waals surface area contributed by atoms with E-state index in [9.17, 15) is 8.78 Å². The van der Waals surface area contributed by atoms with E-state index in [1.165, 1.54) is 18.2 Å². The highest BCUT2D eigenvalue weighted by Gasteiger charge is 2.21. The molecule has 1 fully saturated rings. The van der Waals surface area contributed by atoms with Crippen LogP contribution >= 0.6 is 0 Å². The smallest absolute Gasteiger partial charge is 0.130 e. The van der Waals surface area contributed by atoms with Gasteiger partial charge in [0.1, 0.15) is 11.6 Å². The molecule has 2 rings (SSSR count). The van der Waals surface area contributed by atoms with Gasteiger partial charge < -0.3 is 5.32 Å². The predicted molar refractivity (Wildman–Crippen MR) is 59.1 cm³/mol. The van der Waals surface area contributed by atoms with Crippen LogP contribution in [0.5, 0.6) is 0 Å². The highest BCUT2D eigenvalue weighted by molar-refractivity contribution is 5.19. The Balaban J connectivity index is 2.07. The standard InChI is InChI=1S/C12H16F2N2/c1-16(9-5-6-15-7-9)8-10-11(13)3-2-4-12(10)14/h2-4,9,15H,5-8H2,1H3. The molecule has 1 aromatic carbocycles. The van der Waals surface area contributed by atoms with Crippen molar-refractivity contribution in [3.63, 3.8) is 0 Å². The third kappa shape index (κ3) is 2.39. The maximum absolute atomic E-state index is 13.4. The van der Waals surface area contributed by atoms with E-state index in [-0.39, 0.29) is 5.56 Å². The molecule has 1 heterocycles. The normalized spacial score (nSPS) is 20.6. The number of nitrogens with zero attached hydrogens (tertiary/aromatic N) is 1. The molecule has 0 saturated carbocycles. The van der Waals surface area contributed by atoms with Gasteiger partial charge in [-0.3, -0.25) is 4.90 Å². The second-order valence-corrected chi connectivity index (χ2v) is 4.26. The first-order chi connectivity index (χ1) is 7.68. The van der Waals surface area contributed by atoms with Crippen molar-refractivity contribution in [1.29, 1.82) is 0 Å². The van der Waals surface area contributed by atoms with Gasteiger partial charge in [-0.05, 0) is 32.1 Å². The van der Waals surface area contributed by atoms with Gasteiger partial charge in [0.25, 0.3) is 0 Å². The van der Waals surface area contributed by atoms with Crippen LogP contribution in [0.25, 0.3) is 0 Å². The summed E-state index contributed by atoms with van der Waals surface area (Å²) in [6, 6.07) is 4.38. The molecule has 0 aliphatic carbocycles. The summed E-state index contributed by atoms with van der Waals surface area (Å²) >= 11 is 0. The molecule has 0 bridgehead atoms. The lowest BCUT2D eigenvalue weighted by atomic mass is 10.1. The molecule has 1 N–H and O–H groups in total. The SMILES string of the molecule is CN(Cc1c(F)cccc1F)C1CCNC1. The van der Waals surface area contributed by atoms with Gasteiger partial charge in [-0.1, -0.05) is 6.07 Å². The molecule has 0 spiro atoms. The van der Waals surface area contributed by atoms with Crippen LogP contribution in [0, 0.1) is 11.6 Å². The Morgan fingerprint density at radius 2 is 2.06 bits per heavy atom. The Bertz CT molecular complexity index is 342. The van der Waals surface area contributed by atoms with Gasteiger partial charge in [-0.2, -0.15) is 0 Å². The second kappa shape index (κ2) is 4.89. The van der Waals surface area contributed by atoms with Crippen molar-refractivity contribution in [3.8, 4) is 0 Å². The average molecular weight is 226 g/mol. The molecule has 1 aromatic rings. The first-order valence-corrected chi connectivity index (χ1v) is 5.52. The first kappa shape index (κ1) is 11.5. The van der Waals surface area contributed by atoms with Crippen LogP contribution in [-0.4, -0.2) is 31.1 Å². The Kier molecular flexibility index (Phi) is 3.51. The Hall–Kier alpha value is -1.00. The van der Waals surface area contributed by atoms with Crippen LogP contribution < -0.4 is 5.32 Å². The van der Waals surface area contributed by atoms with Crippen molar-refractivity contribution in [1.82, 2.24) is 10.2 Å². The lowest BCUT2D eigenvalue weighted by Gasteiger charge is -2.23. The van der Waals surface area contributed by atoms with Crippen molar-refractivity contribution < 1.29 is 8.78 Å². The van der Waals surface area contributed by atoms with Crippen molar-refractivity contribution in [2.75, 3.05) is 20.1 Å². The van der Waals surface area contributed by atoms with Gasteiger partial charge >= 0.3 is 0 Å². The molecule has 1 atom stereocenters. The van der Waals surface area contributed by atoms with Gasteiger partial charge in [0.2, 0.25) is 0 Å². The van der Waals surface area contributed by atoms with E-state index in [4.69, 9.17) is 0 Å². The number of halogens is 2. The van der Waals surface area contributed by atoms with Crippen molar-refractivity contribution in [2.45, 2.75) is 19.0 Å². The van der Waals surface area contributed by atoms with Gasteiger partial charge in [-0.15, -0.1) is 0 Å². The fourth-order valence-corrected chi connectivity index (χ4v) is 2.08. The van der Waals surface area contributed by atoms with Gasteiger partial charge in [0, 0.05) is 24.7 Å². The van der Waals surface area contributed by atoms with Crippen LogP contribution in [0.15, 0.2) is 18.2 Å². The Labute approximate surface area is 94.3 Å². The van der Waals surface area contributed by atoms with Crippen molar-refractivity contribution in [3.05, 3.63) is 35.4 Å². The van der Waals surface area contributed by atoms with E-state index in [2.05, 4.69) is 5.32 Å². The lowest BCUT2D eigenvalue weighted by Crippen LogP contribution is -2.33. The summed E-state index contributed by atoms with van der Waals surface area (Å²) in [6.07, 6.45) is 1.03. The molecule has 1 aliphatic heterocycles. The summed E-state index contributed by atoms with van der Waals surface area (Å²) in [5.41, 5.74) is 0.164. The number of nitrogens with one attached hydrogen (secondary N) is 1. The minimum Gasteiger partial charge on any atom is -0.315 e. The number of hydrogen-bond acceptors (Lipinski definition) is 2. The molecule has 1 saturated heterocycles. The van der Waals surface area contributed by atoms with E-state index in [0.717, 1.165) is 19.5 Å². The fraction of sp³-hybridized carbons (Fsp3) is 0.500. The second-order valence-electron chi connectivity index (χ2n) is 4.26. The van der Waals surface area contributed by atoms with Gasteiger partial charge in [-0.25, -0.2) is 8.78 Å². The maximum atomic E-state index is 13.4. The quantitative estimate of drug-likeness (QED) is 0.844. The monoisotopic (exact) mass is 226 g/mol. The molecule has 0 radical (unpaired) electrons. The zero-order valence-corrected chi connectivity index (χ0v) is 9.34. The molecule has 1 aliphatic rings. The predicted octanol–water partition coefficient (Wildman–Crippen LogP) is 1.76. The zero-order valence-electron chi connectivity index (χ0n) is 9.34. The summed E-state index contributed by atoms with van der Waals surface area (Å²) in [5, 5.41) is 3.24. The Morgan fingerprint density at radius 1 is 1.38 bits per heavy atom.